The molecule has 2 fully saturated rings. The Balaban J connectivity index is 1.43. The summed E-state index contributed by atoms with van der Waals surface area (Å²) in [6.07, 6.45) is 3.96. The largest absolute Gasteiger partial charge is 0.359 e. The van der Waals surface area contributed by atoms with Crippen molar-refractivity contribution in [1.29, 1.82) is 0 Å². The zero-order chi connectivity index (χ0) is 22.1. The molecule has 1 amide bonds. The fourth-order valence-electron chi connectivity index (χ4n) is 4.51. The lowest BCUT2D eigenvalue weighted by molar-refractivity contribution is -0.121. The number of carbonyl (C=O) groups is 1. The summed E-state index contributed by atoms with van der Waals surface area (Å²) in [6, 6.07) is 8.99. The van der Waals surface area contributed by atoms with Crippen molar-refractivity contribution < 1.29 is 4.79 Å². The zero-order valence-electron chi connectivity index (χ0n) is 19.6. The van der Waals surface area contributed by atoms with E-state index < -0.39 is 0 Å². The number of rotatable bonds is 6. The molecule has 1 aromatic rings. The number of carbonyl (C=O) groups excluding carboxylic acids is 1. The number of amides is 1. The summed E-state index contributed by atoms with van der Waals surface area (Å²) in [5.74, 6) is 1.58. The lowest BCUT2D eigenvalue weighted by Gasteiger charge is -2.34. The van der Waals surface area contributed by atoms with Crippen molar-refractivity contribution in [3.05, 3.63) is 35.4 Å². The highest BCUT2D eigenvalue weighted by atomic mass is 16.1. The molecule has 0 atom stereocenters. The fraction of sp³-hybridized carbons (Fsp3) is 0.667. The van der Waals surface area contributed by atoms with E-state index in [0.717, 1.165) is 58.1 Å². The Labute approximate surface area is 187 Å². The van der Waals surface area contributed by atoms with Crippen molar-refractivity contribution in [2.45, 2.75) is 38.8 Å². The number of guanidine groups is 1. The van der Waals surface area contributed by atoms with Gasteiger partial charge in [0.15, 0.2) is 5.96 Å². The Kier molecular flexibility index (Phi) is 9.15. The molecule has 0 bridgehead atoms. The zero-order valence-corrected chi connectivity index (χ0v) is 19.6. The van der Waals surface area contributed by atoms with Crippen LogP contribution in [0.4, 0.5) is 0 Å². The van der Waals surface area contributed by atoms with E-state index in [0.29, 0.717) is 12.3 Å². The van der Waals surface area contributed by atoms with Gasteiger partial charge in [-0.15, -0.1) is 0 Å². The molecule has 2 aliphatic heterocycles. The summed E-state index contributed by atoms with van der Waals surface area (Å²) in [5, 5.41) is 6.25. The summed E-state index contributed by atoms with van der Waals surface area (Å²) in [6.45, 7) is 8.41. The number of nitrogens with one attached hydrogen (secondary N) is 2. The summed E-state index contributed by atoms with van der Waals surface area (Å²) in [4.78, 5) is 23.4. The molecule has 7 heteroatoms. The van der Waals surface area contributed by atoms with Gasteiger partial charge in [-0.1, -0.05) is 24.3 Å². The number of benzene rings is 1. The summed E-state index contributed by atoms with van der Waals surface area (Å²) < 4.78 is 0. The molecule has 0 aromatic heterocycles. The predicted octanol–water partition coefficient (Wildman–Crippen LogP) is 1.75. The van der Waals surface area contributed by atoms with Crippen LogP contribution in [0.15, 0.2) is 29.3 Å². The van der Waals surface area contributed by atoms with E-state index in [-0.39, 0.29) is 5.91 Å². The van der Waals surface area contributed by atoms with Crippen LogP contribution in [0.3, 0.4) is 0 Å². The van der Waals surface area contributed by atoms with Gasteiger partial charge in [-0.3, -0.25) is 14.7 Å². The van der Waals surface area contributed by atoms with Gasteiger partial charge in [0.25, 0.3) is 0 Å². The Morgan fingerprint density at radius 3 is 2.42 bits per heavy atom. The molecule has 0 saturated carbocycles. The van der Waals surface area contributed by atoms with Gasteiger partial charge in [0.05, 0.1) is 0 Å². The van der Waals surface area contributed by atoms with Crippen LogP contribution in [-0.4, -0.2) is 87.0 Å². The molecule has 2 heterocycles. The number of piperidine rings is 1. The molecule has 0 radical (unpaired) electrons. The highest BCUT2D eigenvalue weighted by molar-refractivity contribution is 5.80. The molecular weight excluding hydrogens is 388 g/mol. The van der Waals surface area contributed by atoms with Crippen LogP contribution in [0, 0.1) is 5.92 Å². The van der Waals surface area contributed by atoms with E-state index in [1.54, 1.807) is 7.05 Å². The van der Waals surface area contributed by atoms with Gasteiger partial charge in [-0.2, -0.15) is 0 Å². The Morgan fingerprint density at radius 1 is 1.03 bits per heavy atom. The maximum Gasteiger partial charge on any atom is 0.220 e. The Morgan fingerprint density at radius 2 is 1.74 bits per heavy atom. The van der Waals surface area contributed by atoms with Crippen LogP contribution in [0.2, 0.25) is 0 Å². The van der Waals surface area contributed by atoms with E-state index in [4.69, 9.17) is 0 Å². The van der Waals surface area contributed by atoms with E-state index in [9.17, 15) is 4.79 Å². The van der Waals surface area contributed by atoms with Gasteiger partial charge in [-0.05, 0) is 56.4 Å². The maximum atomic E-state index is 11.6. The first-order valence-corrected chi connectivity index (χ1v) is 11.7. The summed E-state index contributed by atoms with van der Waals surface area (Å²) in [5.41, 5.74) is 2.66. The molecule has 2 N–H and O–H groups in total. The molecule has 31 heavy (non-hydrogen) atoms. The second-order valence-corrected chi connectivity index (χ2v) is 8.96. The van der Waals surface area contributed by atoms with Gasteiger partial charge in [-0.25, -0.2) is 0 Å². The average molecular weight is 429 g/mol. The van der Waals surface area contributed by atoms with Crippen molar-refractivity contribution in [3.63, 3.8) is 0 Å². The number of aliphatic imine (C=N–C) groups is 1. The third kappa shape index (κ3) is 7.51. The van der Waals surface area contributed by atoms with Crippen molar-refractivity contribution >= 4 is 11.9 Å². The number of likely N-dealkylation sites (N-methyl/N-ethyl adjacent to an activating group) is 1. The van der Waals surface area contributed by atoms with Crippen LogP contribution in [0.5, 0.6) is 0 Å². The quantitative estimate of drug-likeness (QED) is 0.534. The van der Waals surface area contributed by atoms with E-state index in [2.05, 4.69) is 61.6 Å². The van der Waals surface area contributed by atoms with Crippen molar-refractivity contribution in [2.24, 2.45) is 10.9 Å². The Bertz CT molecular complexity index is 711. The minimum absolute atomic E-state index is 0.146. The topological polar surface area (TPSA) is 63.2 Å². The summed E-state index contributed by atoms with van der Waals surface area (Å²) in [7, 11) is 5.77. The number of hydrogen-bond acceptors (Lipinski definition) is 4. The number of nitrogens with zero attached hydrogens (tertiary/aromatic N) is 4. The van der Waals surface area contributed by atoms with Gasteiger partial charge in [0.1, 0.15) is 0 Å². The molecule has 0 spiro atoms. The van der Waals surface area contributed by atoms with Crippen LogP contribution < -0.4 is 10.6 Å². The third-order valence-corrected chi connectivity index (χ3v) is 6.57. The minimum Gasteiger partial charge on any atom is -0.359 e. The fourth-order valence-corrected chi connectivity index (χ4v) is 4.51. The predicted molar refractivity (Wildman–Crippen MR) is 127 cm³/mol. The normalized spacial score (nSPS) is 19.8. The van der Waals surface area contributed by atoms with Gasteiger partial charge < -0.3 is 20.4 Å². The van der Waals surface area contributed by atoms with Gasteiger partial charge in [0, 0.05) is 59.8 Å². The molecule has 7 nitrogen and oxygen atoms in total. The Hall–Kier alpha value is -2.12. The SMILES string of the molecule is CN=C(NCc1ccc(CN2CCCN(C)CC2)cc1)N1CCC(CC(=O)NC)CC1. The number of hydrogen-bond donors (Lipinski definition) is 2. The van der Waals surface area contributed by atoms with Crippen LogP contribution in [0.25, 0.3) is 0 Å². The molecular formula is C24H40N6O. The van der Waals surface area contributed by atoms with Crippen LogP contribution in [0.1, 0.15) is 36.8 Å². The van der Waals surface area contributed by atoms with Gasteiger partial charge in [0.2, 0.25) is 5.91 Å². The highest BCUT2D eigenvalue weighted by Gasteiger charge is 2.23. The molecule has 2 aliphatic rings. The molecule has 0 aliphatic carbocycles. The highest BCUT2D eigenvalue weighted by Crippen LogP contribution is 2.20. The average Bonchev–Trinajstić information content (AvgIpc) is 3.00. The third-order valence-electron chi connectivity index (χ3n) is 6.57. The molecule has 1 aromatic carbocycles. The second-order valence-electron chi connectivity index (χ2n) is 8.96. The first kappa shape index (κ1) is 23.5. The molecule has 172 valence electrons. The monoisotopic (exact) mass is 428 g/mol. The van der Waals surface area contributed by atoms with E-state index in [1.807, 2.05) is 7.05 Å². The molecule has 3 rings (SSSR count). The lowest BCUT2D eigenvalue weighted by atomic mass is 9.93. The maximum absolute atomic E-state index is 11.6. The molecule has 0 unspecified atom stereocenters. The van der Waals surface area contributed by atoms with Crippen LogP contribution in [-0.2, 0) is 17.9 Å². The van der Waals surface area contributed by atoms with Gasteiger partial charge >= 0.3 is 0 Å². The van der Waals surface area contributed by atoms with Crippen molar-refractivity contribution in [3.8, 4) is 0 Å². The first-order valence-electron chi connectivity index (χ1n) is 11.7. The van der Waals surface area contributed by atoms with Crippen LogP contribution >= 0.6 is 0 Å². The van der Waals surface area contributed by atoms with Crippen molar-refractivity contribution in [2.75, 3.05) is 60.4 Å². The first-order chi connectivity index (χ1) is 15.1. The molecule has 2 saturated heterocycles. The van der Waals surface area contributed by atoms with Crippen molar-refractivity contribution in [1.82, 2.24) is 25.3 Å². The lowest BCUT2D eigenvalue weighted by Crippen LogP contribution is -2.45. The second kappa shape index (κ2) is 12.1. The van der Waals surface area contributed by atoms with E-state index >= 15 is 0 Å². The minimum atomic E-state index is 0.146. The standard InChI is InChI=1S/C24H40N6O/c1-25-23(31)17-20-9-13-30(14-10-20)24(26-2)27-18-21-5-7-22(8-6-21)19-29-12-4-11-28(3)15-16-29/h5-8,20H,4,9-19H2,1-3H3,(H,25,31)(H,26,27). The number of likely N-dealkylation sites (tertiary alicyclic amines) is 1. The summed E-state index contributed by atoms with van der Waals surface area (Å²) >= 11 is 0. The smallest absolute Gasteiger partial charge is 0.220 e. The van der Waals surface area contributed by atoms with E-state index in [1.165, 1.54) is 30.6 Å².